The first-order valence-electron chi connectivity index (χ1n) is 7.26. The molecule has 1 fully saturated rings. The van der Waals surface area contributed by atoms with E-state index in [0.29, 0.717) is 5.56 Å². The Morgan fingerprint density at radius 3 is 2.57 bits per heavy atom. The summed E-state index contributed by atoms with van der Waals surface area (Å²) in [6.07, 6.45) is 3.91. The van der Waals surface area contributed by atoms with Crippen LogP contribution in [0.25, 0.3) is 0 Å². The molecule has 0 spiro atoms. The van der Waals surface area contributed by atoms with Crippen molar-refractivity contribution < 1.29 is 0 Å². The molecule has 1 N–H and O–H groups in total. The molecule has 1 aliphatic rings. The number of piperidine rings is 1. The van der Waals surface area contributed by atoms with E-state index in [4.69, 9.17) is 5.26 Å². The standard InChI is InChI=1S/C16H18N4S/c1-12-15(11-17)16(21-19-12)18-13-5-7-14(8-6-13)20-9-3-2-4-10-20/h5-8,18H,2-4,9-10H2,1H3. The van der Waals surface area contributed by atoms with Gasteiger partial charge in [0.15, 0.2) is 0 Å². The molecule has 0 aliphatic carbocycles. The molecule has 5 heteroatoms. The number of nitriles is 1. The first kappa shape index (κ1) is 13.9. The topological polar surface area (TPSA) is 52.0 Å². The van der Waals surface area contributed by atoms with Gasteiger partial charge in [-0.05, 0) is 62.0 Å². The summed E-state index contributed by atoms with van der Waals surface area (Å²) in [6, 6.07) is 10.6. The number of rotatable bonds is 3. The minimum atomic E-state index is 0.639. The molecule has 1 saturated heterocycles. The second-order valence-corrected chi connectivity index (χ2v) is 6.08. The number of nitrogens with zero attached hydrogens (tertiary/aromatic N) is 3. The Morgan fingerprint density at radius 1 is 1.19 bits per heavy atom. The molecule has 108 valence electrons. The van der Waals surface area contributed by atoms with E-state index >= 15 is 0 Å². The van der Waals surface area contributed by atoms with Gasteiger partial charge in [0.1, 0.15) is 16.6 Å². The molecular formula is C16H18N4S. The number of hydrogen-bond donors (Lipinski definition) is 1. The van der Waals surface area contributed by atoms with Crippen molar-refractivity contribution in [1.29, 1.82) is 5.26 Å². The second kappa shape index (κ2) is 6.15. The van der Waals surface area contributed by atoms with Gasteiger partial charge in [0, 0.05) is 24.5 Å². The minimum Gasteiger partial charge on any atom is -0.372 e. The summed E-state index contributed by atoms with van der Waals surface area (Å²) in [5.74, 6) is 0. The highest BCUT2D eigenvalue weighted by Gasteiger charge is 2.12. The van der Waals surface area contributed by atoms with Crippen LogP contribution in [-0.2, 0) is 0 Å². The van der Waals surface area contributed by atoms with Crippen LogP contribution in [0.5, 0.6) is 0 Å². The van der Waals surface area contributed by atoms with Crippen molar-refractivity contribution in [2.45, 2.75) is 26.2 Å². The van der Waals surface area contributed by atoms with E-state index in [1.807, 2.05) is 6.92 Å². The largest absolute Gasteiger partial charge is 0.372 e. The summed E-state index contributed by atoms with van der Waals surface area (Å²) < 4.78 is 4.22. The van der Waals surface area contributed by atoms with Crippen LogP contribution in [0.3, 0.4) is 0 Å². The molecule has 0 bridgehead atoms. The predicted molar refractivity (Wildman–Crippen MR) is 87.4 cm³/mol. The highest BCUT2D eigenvalue weighted by Crippen LogP contribution is 2.28. The predicted octanol–water partition coefficient (Wildman–Crippen LogP) is 4.06. The normalized spacial score (nSPS) is 14.8. The molecule has 2 heterocycles. The molecule has 1 aliphatic heterocycles. The third kappa shape index (κ3) is 3.01. The van der Waals surface area contributed by atoms with Crippen molar-refractivity contribution in [3.8, 4) is 6.07 Å². The Bertz CT molecular complexity index is 648. The van der Waals surface area contributed by atoms with E-state index in [2.05, 4.69) is 44.9 Å². The average molecular weight is 298 g/mol. The molecule has 4 nitrogen and oxygen atoms in total. The molecule has 0 unspecified atom stereocenters. The van der Waals surface area contributed by atoms with Crippen LogP contribution < -0.4 is 10.2 Å². The van der Waals surface area contributed by atoms with Crippen LogP contribution in [0.1, 0.15) is 30.5 Å². The third-order valence-corrected chi connectivity index (χ3v) is 4.67. The molecule has 0 radical (unpaired) electrons. The Kier molecular flexibility index (Phi) is 4.07. The van der Waals surface area contributed by atoms with Gasteiger partial charge in [-0.2, -0.15) is 9.64 Å². The van der Waals surface area contributed by atoms with Gasteiger partial charge >= 0.3 is 0 Å². The van der Waals surface area contributed by atoms with Crippen LogP contribution >= 0.6 is 11.5 Å². The van der Waals surface area contributed by atoms with Crippen molar-refractivity contribution in [2.24, 2.45) is 0 Å². The molecule has 3 rings (SSSR count). The Balaban J connectivity index is 1.73. The molecule has 0 saturated carbocycles. The number of aryl methyl sites for hydroxylation is 1. The molecule has 1 aromatic heterocycles. The monoisotopic (exact) mass is 298 g/mol. The summed E-state index contributed by atoms with van der Waals surface area (Å²) in [5, 5.41) is 13.3. The molecule has 0 amide bonds. The average Bonchev–Trinajstić information content (AvgIpc) is 2.89. The number of aromatic nitrogens is 1. The number of hydrogen-bond acceptors (Lipinski definition) is 5. The van der Waals surface area contributed by atoms with Gasteiger partial charge < -0.3 is 10.2 Å². The minimum absolute atomic E-state index is 0.639. The fraction of sp³-hybridized carbons (Fsp3) is 0.375. The maximum absolute atomic E-state index is 9.15. The van der Waals surface area contributed by atoms with Crippen LogP contribution in [0.2, 0.25) is 0 Å². The summed E-state index contributed by atoms with van der Waals surface area (Å²) in [7, 11) is 0. The summed E-state index contributed by atoms with van der Waals surface area (Å²) in [5.41, 5.74) is 3.70. The smallest absolute Gasteiger partial charge is 0.132 e. The van der Waals surface area contributed by atoms with Gasteiger partial charge in [-0.15, -0.1) is 0 Å². The number of benzene rings is 1. The van der Waals surface area contributed by atoms with Crippen LogP contribution in [0.15, 0.2) is 24.3 Å². The van der Waals surface area contributed by atoms with Crippen LogP contribution in [0, 0.1) is 18.3 Å². The van der Waals surface area contributed by atoms with E-state index in [9.17, 15) is 0 Å². The summed E-state index contributed by atoms with van der Waals surface area (Å²) >= 11 is 1.33. The maximum atomic E-state index is 9.15. The Morgan fingerprint density at radius 2 is 1.90 bits per heavy atom. The van der Waals surface area contributed by atoms with Crippen molar-refractivity contribution in [3.05, 3.63) is 35.5 Å². The lowest BCUT2D eigenvalue weighted by Gasteiger charge is -2.28. The Labute approximate surface area is 129 Å². The zero-order chi connectivity index (χ0) is 14.7. The van der Waals surface area contributed by atoms with Gasteiger partial charge in [-0.1, -0.05) is 0 Å². The van der Waals surface area contributed by atoms with Crippen LogP contribution in [0.4, 0.5) is 16.4 Å². The lowest BCUT2D eigenvalue weighted by Crippen LogP contribution is -2.29. The van der Waals surface area contributed by atoms with Gasteiger partial charge in [0.25, 0.3) is 0 Å². The van der Waals surface area contributed by atoms with E-state index in [1.165, 1.54) is 36.5 Å². The third-order valence-electron chi connectivity index (χ3n) is 3.82. The van der Waals surface area contributed by atoms with E-state index in [1.54, 1.807) is 0 Å². The summed E-state index contributed by atoms with van der Waals surface area (Å²) in [4.78, 5) is 2.44. The molecule has 2 aromatic rings. The lowest BCUT2D eigenvalue weighted by molar-refractivity contribution is 0.578. The zero-order valence-corrected chi connectivity index (χ0v) is 12.9. The molecule has 0 atom stereocenters. The first-order chi connectivity index (χ1) is 10.3. The molecule has 1 aromatic carbocycles. The van der Waals surface area contributed by atoms with Crippen molar-refractivity contribution in [2.75, 3.05) is 23.3 Å². The van der Waals surface area contributed by atoms with Crippen molar-refractivity contribution in [3.63, 3.8) is 0 Å². The number of nitrogens with one attached hydrogen (secondary N) is 1. The quantitative estimate of drug-likeness (QED) is 0.928. The SMILES string of the molecule is Cc1nsc(Nc2ccc(N3CCCCC3)cc2)c1C#N. The molecular weight excluding hydrogens is 280 g/mol. The van der Waals surface area contributed by atoms with Gasteiger partial charge in [0.2, 0.25) is 0 Å². The second-order valence-electron chi connectivity index (χ2n) is 5.30. The highest BCUT2D eigenvalue weighted by molar-refractivity contribution is 7.10. The van der Waals surface area contributed by atoms with E-state index in [0.717, 1.165) is 29.5 Å². The Hall–Kier alpha value is -2.06. The fourth-order valence-electron chi connectivity index (χ4n) is 2.63. The fourth-order valence-corrected chi connectivity index (χ4v) is 3.39. The zero-order valence-electron chi connectivity index (χ0n) is 12.1. The van der Waals surface area contributed by atoms with Gasteiger partial charge in [-0.3, -0.25) is 0 Å². The van der Waals surface area contributed by atoms with Crippen LogP contribution in [-0.4, -0.2) is 17.5 Å². The van der Waals surface area contributed by atoms with Crippen molar-refractivity contribution in [1.82, 2.24) is 4.37 Å². The van der Waals surface area contributed by atoms with E-state index in [-0.39, 0.29) is 0 Å². The lowest BCUT2D eigenvalue weighted by atomic mass is 10.1. The first-order valence-corrected chi connectivity index (χ1v) is 8.03. The number of anilines is 3. The maximum Gasteiger partial charge on any atom is 0.132 e. The summed E-state index contributed by atoms with van der Waals surface area (Å²) in [6.45, 7) is 4.17. The molecule has 21 heavy (non-hydrogen) atoms. The highest BCUT2D eigenvalue weighted by atomic mass is 32.1. The van der Waals surface area contributed by atoms with E-state index < -0.39 is 0 Å². The van der Waals surface area contributed by atoms with Gasteiger partial charge in [-0.25, -0.2) is 0 Å². The van der Waals surface area contributed by atoms with Crippen molar-refractivity contribution >= 4 is 27.9 Å². The van der Waals surface area contributed by atoms with Gasteiger partial charge in [0.05, 0.1) is 5.69 Å².